The fourth-order valence-corrected chi connectivity index (χ4v) is 2.84. The van der Waals surface area contributed by atoms with E-state index in [2.05, 4.69) is 23.1 Å². The maximum absolute atomic E-state index is 13.5. The second-order valence-electron chi connectivity index (χ2n) is 5.97. The van der Waals surface area contributed by atoms with Gasteiger partial charge in [0.15, 0.2) is 5.82 Å². The quantitative estimate of drug-likeness (QED) is 0.798. The van der Waals surface area contributed by atoms with Gasteiger partial charge in [-0.3, -0.25) is 0 Å². The van der Waals surface area contributed by atoms with Crippen LogP contribution < -0.4 is 0 Å². The molecule has 0 N–H and O–H groups in total. The Morgan fingerprint density at radius 1 is 1.00 bits per heavy atom. The highest BCUT2D eigenvalue weighted by Gasteiger charge is 2.37. The van der Waals surface area contributed by atoms with E-state index in [1.165, 1.54) is 0 Å². The van der Waals surface area contributed by atoms with Crippen molar-refractivity contribution in [1.29, 1.82) is 0 Å². The van der Waals surface area contributed by atoms with Crippen molar-refractivity contribution in [3.8, 4) is 0 Å². The van der Waals surface area contributed by atoms with Crippen LogP contribution in [0.5, 0.6) is 0 Å². The Morgan fingerprint density at radius 3 is 2.39 bits per heavy atom. The molecule has 0 bridgehead atoms. The Hall–Kier alpha value is -2.36. The third-order valence-corrected chi connectivity index (χ3v) is 4.12. The second kappa shape index (κ2) is 6.03. The molecule has 118 valence electrons. The number of rotatable bonds is 5. The molecule has 0 radical (unpaired) electrons. The summed E-state index contributed by atoms with van der Waals surface area (Å²) < 4.78 is 26.9. The fraction of sp³-hybridized carbons (Fsp3) is 0.263. The van der Waals surface area contributed by atoms with E-state index in [0.29, 0.717) is 18.7 Å². The largest absolute Gasteiger partial charge is 0.256 e. The molecule has 1 heterocycles. The highest BCUT2D eigenvalue weighted by molar-refractivity contribution is 5.67. The molecule has 4 heteroatoms. The standard InChI is InChI=1S/C19H18F2N2/c1-13(4-5-14(2)18-22-8-3-9-23-18)15-6-7-16-11-19(20,21)12-17(16)10-15/h3,6-10H,1-2,4-5,11-12H2. The number of alkyl halides is 2. The summed E-state index contributed by atoms with van der Waals surface area (Å²) in [7, 11) is 0. The minimum atomic E-state index is -2.61. The molecule has 1 aliphatic carbocycles. The lowest BCUT2D eigenvalue weighted by Gasteiger charge is -2.09. The van der Waals surface area contributed by atoms with E-state index in [0.717, 1.165) is 27.8 Å². The second-order valence-corrected chi connectivity index (χ2v) is 5.97. The van der Waals surface area contributed by atoms with Crippen LogP contribution in [-0.4, -0.2) is 15.9 Å². The third-order valence-electron chi connectivity index (χ3n) is 4.12. The van der Waals surface area contributed by atoms with Crippen molar-refractivity contribution in [2.45, 2.75) is 31.6 Å². The van der Waals surface area contributed by atoms with E-state index < -0.39 is 5.92 Å². The predicted octanol–water partition coefficient (Wildman–Crippen LogP) is 4.72. The maximum atomic E-state index is 13.5. The van der Waals surface area contributed by atoms with Crippen LogP contribution >= 0.6 is 0 Å². The summed E-state index contributed by atoms with van der Waals surface area (Å²) in [5.41, 5.74) is 4.16. The summed E-state index contributed by atoms with van der Waals surface area (Å²) in [5, 5.41) is 0. The number of nitrogens with zero attached hydrogens (tertiary/aromatic N) is 2. The van der Waals surface area contributed by atoms with Gasteiger partial charge >= 0.3 is 0 Å². The molecule has 2 nitrogen and oxygen atoms in total. The maximum Gasteiger partial charge on any atom is 0.256 e. The molecule has 3 rings (SSSR count). The molecule has 0 atom stereocenters. The van der Waals surface area contributed by atoms with Crippen LogP contribution in [0.4, 0.5) is 8.78 Å². The number of fused-ring (bicyclic) bond motifs is 1. The Kier molecular flexibility index (Phi) is 4.07. The molecule has 0 saturated carbocycles. The van der Waals surface area contributed by atoms with Crippen LogP contribution in [0.3, 0.4) is 0 Å². The lowest BCUT2D eigenvalue weighted by atomic mass is 9.97. The first-order chi connectivity index (χ1) is 10.9. The highest BCUT2D eigenvalue weighted by Crippen LogP contribution is 2.36. The minimum Gasteiger partial charge on any atom is -0.237 e. The molecule has 0 aliphatic heterocycles. The Labute approximate surface area is 134 Å². The molecule has 1 aliphatic rings. The SMILES string of the molecule is C=C(CCC(=C)c1ncccn1)c1ccc2c(c1)CC(F)(F)C2. The van der Waals surface area contributed by atoms with E-state index >= 15 is 0 Å². The monoisotopic (exact) mass is 312 g/mol. The molecule has 0 saturated heterocycles. The zero-order valence-electron chi connectivity index (χ0n) is 12.9. The molecular weight excluding hydrogens is 294 g/mol. The normalized spacial score (nSPS) is 15.2. The van der Waals surface area contributed by atoms with Crippen LogP contribution in [0.2, 0.25) is 0 Å². The molecule has 1 aromatic heterocycles. The van der Waals surface area contributed by atoms with Gasteiger partial charge in [-0.05, 0) is 46.7 Å². The molecule has 0 spiro atoms. The van der Waals surface area contributed by atoms with Crippen LogP contribution in [0.1, 0.15) is 35.4 Å². The summed E-state index contributed by atoms with van der Waals surface area (Å²) in [5.74, 6) is -1.98. The van der Waals surface area contributed by atoms with Crippen molar-refractivity contribution in [2.24, 2.45) is 0 Å². The number of allylic oxidation sites excluding steroid dienone is 2. The third kappa shape index (κ3) is 3.52. The number of aromatic nitrogens is 2. The van der Waals surface area contributed by atoms with Crippen LogP contribution in [0.15, 0.2) is 49.8 Å². The molecule has 0 fully saturated rings. The van der Waals surface area contributed by atoms with Gasteiger partial charge in [0, 0.05) is 25.2 Å². The van der Waals surface area contributed by atoms with Gasteiger partial charge in [0.1, 0.15) is 0 Å². The summed E-state index contributed by atoms with van der Waals surface area (Å²) in [6.45, 7) is 8.09. The summed E-state index contributed by atoms with van der Waals surface area (Å²) in [6, 6.07) is 7.28. The van der Waals surface area contributed by atoms with E-state index in [1.807, 2.05) is 12.1 Å². The average Bonchev–Trinajstić information content (AvgIpc) is 2.85. The van der Waals surface area contributed by atoms with Gasteiger partial charge in [-0.1, -0.05) is 31.4 Å². The Balaban J connectivity index is 1.65. The van der Waals surface area contributed by atoms with Crippen molar-refractivity contribution < 1.29 is 8.78 Å². The first-order valence-corrected chi connectivity index (χ1v) is 7.57. The highest BCUT2D eigenvalue weighted by atomic mass is 19.3. The summed E-state index contributed by atoms with van der Waals surface area (Å²) in [6.07, 6.45) is 4.43. The zero-order chi connectivity index (χ0) is 16.4. The van der Waals surface area contributed by atoms with Crippen molar-refractivity contribution >= 4 is 11.1 Å². The molecule has 23 heavy (non-hydrogen) atoms. The lowest BCUT2D eigenvalue weighted by molar-refractivity contribution is 0.0130. The van der Waals surface area contributed by atoms with Gasteiger partial charge < -0.3 is 0 Å². The van der Waals surface area contributed by atoms with Crippen LogP contribution in [-0.2, 0) is 12.8 Å². The lowest BCUT2D eigenvalue weighted by Crippen LogP contribution is -2.14. The first-order valence-electron chi connectivity index (χ1n) is 7.57. The molecule has 2 aromatic rings. The van der Waals surface area contributed by atoms with Crippen molar-refractivity contribution in [3.05, 3.63) is 72.3 Å². The van der Waals surface area contributed by atoms with E-state index in [4.69, 9.17) is 0 Å². The van der Waals surface area contributed by atoms with Crippen molar-refractivity contribution in [2.75, 3.05) is 0 Å². The Bertz CT molecular complexity index is 751. The number of hydrogen-bond donors (Lipinski definition) is 0. The summed E-state index contributed by atoms with van der Waals surface area (Å²) >= 11 is 0. The molecule has 0 unspecified atom stereocenters. The molecular formula is C19H18F2N2. The Morgan fingerprint density at radius 2 is 1.65 bits per heavy atom. The van der Waals surface area contributed by atoms with Gasteiger partial charge in [-0.2, -0.15) is 0 Å². The minimum absolute atomic E-state index is 0.156. The van der Waals surface area contributed by atoms with Gasteiger partial charge in [0.2, 0.25) is 0 Å². The number of benzene rings is 1. The van der Waals surface area contributed by atoms with Crippen molar-refractivity contribution in [1.82, 2.24) is 9.97 Å². The fourth-order valence-electron chi connectivity index (χ4n) is 2.84. The first kappa shape index (κ1) is 15.5. The smallest absolute Gasteiger partial charge is 0.237 e. The zero-order valence-corrected chi connectivity index (χ0v) is 12.9. The van der Waals surface area contributed by atoms with E-state index in [-0.39, 0.29) is 12.8 Å². The number of halogens is 2. The number of hydrogen-bond acceptors (Lipinski definition) is 2. The van der Waals surface area contributed by atoms with Crippen LogP contribution in [0.25, 0.3) is 11.1 Å². The average molecular weight is 312 g/mol. The van der Waals surface area contributed by atoms with E-state index in [9.17, 15) is 8.78 Å². The topological polar surface area (TPSA) is 25.8 Å². The molecule has 0 amide bonds. The van der Waals surface area contributed by atoms with Gasteiger partial charge in [-0.15, -0.1) is 0 Å². The predicted molar refractivity (Wildman–Crippen MR) is 88.1 cm³/mol. The van der Waals surface area contributed by atoms with Crippen molar-refractivity contribution in [3.63, 3.8) is 0 Å². The van der Waals surface area contributed by atoms with Gasteiger partial charge in [0.25, 0.3) is 5.92 Å². The van der Waals surface area contributed by atoms with Gasteiger partial charge in [0.05, 0.1) is 0 Å². The summed E-state index contributed by atoms with van der Waals surface area (Å²) in [4.78, 5) is 8.34. The van der Waals surface area contributed by atoms with Gasteiger partial charge in [-0.25, -0.2) is 18.7 Å². The van der Waals surface area contributed by atoms with Crippen LogP contribution in [0, 0.1) is 0 Å². The molecule has 1 aromatic carbocycles. The van der Waals surface area contributed by atoms with E-state index in [1.54, 1.807) is 24.5 Å².